The van der Waals surface area contributed by atoms with Gasteiger partial charge in [0.15, 0.2) is 6.04 Å². The maximum Gasteiger partial charge on any atom is 0.329 e. The van der Waals surface area contributed by atoms with E-state index < -0.39 is 12.0 Å². The van der Waals surface area contributed by atoms with Gasteiger partial charge in [0.25, 0.3) is 0 Å². The van der Waals surface area contributed by atoms with Gasteiger partial charge in [-0.05, 0) is 18.9 Å². The SMILES string of the molecule is CCON(C=O)C(C(=O)O)C(CC)c1ccccc1. The summed E-state index contributed by atoms with van der Waals surface area (Å²) < 4.78 is 0. The summed E-state index contributed by atoms with van der Waals surface area (Å²) in [6, 6.07) is 8.26. The minimum atomic E-state index is -1.07. The fraction of sp³-hybridized carbons (Fsp3) is 0.429. The number of benzene rings is 1. The van der Waals surface area contributed by atoms with E-state index in [-0.39, 0.29) is 12.5 Å². The van der Waals surface area contributed by atoms with Gasteiger partial charge in [-0.15, -0.1) is 0 Å². The van der Waals surface area contributed by atoms with Crippen molar-refractivity contribution in [3.8, 4) is 0 Å². The second-order valence-corrected chi connectivity index (χ2v) is 4.09. The molecule has 0 bridgehead atoms. The molecule has 0 radical (unpaired) electrons. The van der Waals surface area contributed by atoms with Crippen molar-refractivity contribution in [1.29, 1.82) is 0 Å². The molecule has 1 N–H and O–H groups in total. The minimum Gasteiger partial charge on any atom is -0.480 e. The van der Waals surface area contributed by atoms with Crippen LogP contribution in [0.15, 0.2) is 30.3 Å². The van der Waals surface area contributed by atoms with Gasteiger partial charge in [0.1, 0.15) is 0 Å². The molecule has 0 saturated heterocycles. The van der Waals surface area contributed by atoms with E-state index in [0.717, 1.165) is 10.6 Å². The molecular weight excluding hydrogens is 246 g/mol. The van der Waals surface area contributed by atoms with Crippen LogP contribution in [0, 0.1) is 0 Å². The van der Waals surface area contributed by atoms with Gasteiger partial charge >= 0.3 is 5.97 Å². The molecule has 1 aromatic carbocycles. The summed E-state index contributed by atoms with van der Waals surface area (Å²) in [4.78, 5) is 27.6. The zero-order chi connectivity index (χ0) is 14.3. The minimum absolute atomic E-state index is 0.244. The first-order valence-corrected chi connectivity index (χ1v) is 6.29. The van der Waals surface area contributed by atoms with Gasteiger partial charge in [0.05, 0.1) is 6.61 Å². The fourth-order valence-corrected chi connectivity index (χ4v) is 2.13. The lowest BCUT2D eigenvalue weighted by Crippen LogP contribution is -2.44. The van der Waals surface area contributed by atoms with Crippen molar-refractivity contribution < 1.29 is 19.5 Å². The monoisotopic (exact) mass is 265 g/mol. The van der Waals surface area contributed by atoms with Gasteiger partial charge in [-0.1, -0.05) is 37.3 Å². The molecule has 0 aliphatic carbocycles. The normalized spacial score (nSPS) is 13.6. The van der Waals surface area contributed by atoms with Crippen LogP contribution in [0.1, 0.15) is 31.7 Å². The van der Waals surface area contributed by atoms with Crippen LogP contribution in [0.2, 0.25) is 0 Å². The van der Waals surface area contributed by atoms with E-state index in [1.165, 1.54) is 0 Å². The number of carbonyl (C=O) groups excluding carboxylic acids is 1. The Labute approximate surface area is 112 Å². The van der Waals surface area contributed by atoms with Gasteiger partial charge in [-0.3, -0.25) is 9.63 Å². The smallest absolute Gasteiger partial charge is 0.329 e. The Balaban J connectivity index is 3.08. The second-order valence-electron chi connectivity index (χ2n) is 4.09. The maximum atomic E-state index is 11.5. The average molecular weight is 265 g/mol. The van der Waals surface area contributed by atoms with Crippen LogP contribution in [0.25, 0.3) is 0 Å². The van der Waals surface area contributed by atoms with Crippen LogP contribution < -0.4 is 0 Å². The van der Waals surface area contributed by atoms with E-state index in [0.29, 0.717) is 12.8 Å². The molecule has 1 rings (SSSR count). The Hall–Kier alpha value is -1.88. The molecule has 2 atom stereocenters. The van der Waals surface area contributed by atoms with Crippen molar-refractivity contribution in [1.82, 2.24) is 5.06 Å². The number of hydrogen-bond donors (Lipinski definition) is 1. The molecule has 0 fully saturated rings. The van der Waals surface area contributed by atoms with Crippen molar-refractivity contribution >= 4 is 12.4 Å². The van der Waals surface area contributed by atoms with Crippen molar-refractivity contribution in [3.05, 3.63) is 35.9 Å². The lowest BCUT2D eigenvalue weighted by molar-refractivity contribution is -0.197. The molecule has 1 aromatic rings. The number of hydroxylamine groups is 2. The van der Waals surface area contributed by atoms with E-state index in [1.54, 1.807) is 6.92 Å². The van der Waals surface area contributed by atoms with E-state index in [2.05, 4.69) is 0 Å². The Morgan fingerprint density at radius 1 is 1.37 bits per heavy atom. The molecule has 2 unspecified atom stereocenters. The number of rotatable bonds is 8. The van der Waals surface area contributed by atoms with Crippen LogP contribution in [0.3, 0.4) is 0 Å². The summed E-state index contributed by atoms with van der Waals surface area (Å²) >= 11 is 0. The molecule has 0 saturated carbocycles. The predicted molar refractivity (Wildman–Crippen MR) is 70.4 cm³/mol. The number of hydrogen-bond acceptors (Lipinski definition) is 3. The van der Waals surface area contributed by atoms with E-state index >= 15 is 0 Å². The Bertz CT molecular complexity index is 407. The molecule has 19 heavy (non-hydrogen) atoms. The molecule has 5 nitrogen and oxygen atoms in total. The highest BCUT2D eigenvalue weighted by atomic mass is 16.7. The van der Waals surface area contributed by atoms with E-state index in [1.807, 2.05) is 37.3 Å². The first-order chi connectivity index (χ1) is 9.15. The number of carboxylic acids is 1. The summed E-state index contributed by atoms with van der Waals surface area (Å²) in [6.45, 7) is 3.84. The lowest BCUT2D eigenvalue weighted by atomic mass is 9.89. The third-order valence-corrected chi connectivity index (χ3v) is 2.96. The Kier molecular flexibility index (Phi) is 6.02. The van der Waals surface area contributed by atoms with Crippen LogP contribution >= 0.6 is 0 Å². The lowest BCUT2D eigenvalue weighted by Gasteiger charge is -2.30. The first kappa shape index (κ1) is 15.2. The van der Waals surface area contributed by atoms with Gasteiger partial charge in [0, 0.05) is 5.92 Å². The summed E-state index contributed by atoms with van der Waals surface area (Å²) in [5.41, 5.74) is 0.879. The number of carbonyl (C=O) groups is 2. The highest BCUT2D eigenvalue weighted by Crippen LogP contribution is 2.26. The molecule has 0 heterocycles. The second kappa shape index (κ2) is 7.53. The number of aliphatic carboxylic acids is 1. The number of carboxylic acid groups (broad SMARTS) is 1. The quantitative estimate of drug-likeness (QED) is 0.577. The number of nitrogens with zero attached hydrogens (tertiary/aromatic N) is 1. The molecular formula is C14H19NO4. The summed E-state index contributed by atoms with van der Waals surface area (Å²) in [5, 5.41) is 10.3. The van der Waals surface area contributed by atoms with E-state index in [9.17, 15) is 14.7 Å². The summed E-state index contributed by atoms with van der Waals surface area (Å²) in [6.07, 6.45) is 1.02. The van der Waals surface area contributed by atoms with E-state index in [4.69, 9.17) is 4.84 Å². The highest BCUT2D eigenvalue weighted by Gasteiger charge is 2.34. The molecule has 1 amide bonds. The average Bonchev–Trinajstić information content (AvgIpc) is 2.43. The molecule has 0 spiro atoms. The maximum absolute atomic E-state index is 11.5. The van der Waals surface area contributed by atoms with Crippen LogP contribution in [0.5, 0.6) is 0 Å². The first-order valence-electron chi connectivity index (χ1n) is 6.29. The molecule has 5 heteroatoms. The predicted octanol–water partition coefficient (Wildman–Crippen LogP) is 2.04. The van der Waals surface area contributed by atoms with Crippen LogP contribution in [-0.4, -0.2) is 35.2 Å². The molecule has 0 aliphatic heterocycles. The summed E-state index contributed by atoms with van der Waals surface area (Å²) in [7, 11) is 0. The van der Waals surface area contributed by atoms with Gasteiger partial charge in [-0.25, -0.2) is 9.86 Å². The fourth-order valence-electron chi connectivity index (χ4n) is 2.13. The molecule has 0 aliphatic rings. The largest absolute Gasteiger partial charge is 0.480 e. The number of amides is 1. The molecule has 104 valence electrons. The van der Waals surface area contributed by atoms with Gasteiger partial charge in [-0.2, -0.15) is 0 Å². The van der Waals surface area contributed by atoms with Crippen LogP contribution in [0.4, 0.5) is 0 Å². The summed E-state index contributed by atoms with van der Waals surface area (Å²) in [5.74, 6) is -1.38. The topological polar surface area (TPSA) is 66.8 Å². The van der Waals surface area contributed by atoms with Crippen molar-refractivity contribution in [2.24, 2.45) is 0 Å². The zero-order valence-electron chi connectivity index (χ0n) is 11.2. The highest BCUT2D eigenvalue weighted by molar-refractivity contribution is 5.77. The van der Waals surface area contributed by atoms with Crippen molar-refractivity contribution in [3.63, 3.8) is 0 Å². The third kappa shape index (κ3) is 3.79. The van der Waals surface area contributed by atoms with Crippen molar-refractivity contribution in [2.45, 2.75) is 32.2 Å². The van der Waals surface area contributed by atoms with Gasteiger partial charge in [0.2, 0.25) is 6.41 Å². The van der Waals surface area contributed by atoms with Crippen LogP contribution in [-0.2, 0) is 14.4 Å². The third-order valence-electron chi connectivity index (χ3n) is 2.96. The Morgan fingerprint density at radius 3 is 2.42 bits per heavy atom. The molecule has 0 aromatic heterocycles. The van der Waals surface area contributed by atoms with Crippen molar-refractivity contribution in [2.75, 3.05) is 6.61 Å². The Morgan fingerprint density at radius 2 is 2.00 bits per heavy atom. The standard InChI is InChI=1S/C14H19NO4/c1-3-12(11-8-6-5-7-9-11)13(14(17)18)15(10-16)19-4-2/h5-10,12-13H,3-4H2,1-2H3,(H,17,18). The zero-order valence-corrected chi connectivity index (χ0v) is 11.2. The van der Waals surface area contributed by atoms with Gasteiger partial charge < -0.3 is 5.11 Å².